The fourth-order valence-corrected chi connectivity index (χ4v) is 2.48. The molecule has 1 atom stereocenters. The van der Waals surface area contributed by atoms with Gasteiger partial charge in [0.25, 0.3) is 0 Å². The van der Waals surface area contributed by atoms with E-state index in [9.17, 15) is 10.1 Å². The number of hydrogen-bond donors (Lipinski definition) is 2. The van der Waals surface area contributed by atoms with Crippen molar-refractivity contribution in [2.45, 2.75) is 25.8 Å². The average Bonchev–Trinajstić information content (AvgIpc) is 2.37. The molecular weight excluding hydrogens is 260 g/mol. The van der Waals surface area contributed by atoms with Gasteiger partial charge in [-0.2, -0.15) is 4.98 Å². The number of aryl methyl sites for hydroxylation is 1. The van der Waals surface area contributed by atoms with E-state index in [0.29, 0.717) is 17.5 Å². The van der Waals surface area contributed by atoms with Gasteiger partial charge in [-0.15, -0.1) is 0 Å². The number of rotatable bonds is 4. The van der Waals surface area contributed by atoms with Gasteiger partial charge in [-0.1, -0.05) is 0 Å². The predicted octanol–water partition coefficient (Wildman–Crippen LogP) is 1.24. The average molecular weight is 280 g/mol. The van der Waals surface area contributed by atoms with E-state index >= 15 is 0 Å². The summed E-state index contributed by atoms with van der Waals surface area (Å²) in [6, 6.07) is 0.173. The van der Waals surface area contributed by atoms with Gasteiger partial charge in [-0.3, -0.25) is 10.1 Å². The van der Waals surface area contributed by atoms with Gasteiger partial charge >= 0.3 is 5.69 Å². The van der Waals surface area contributed by atoms with Crippen molar-refractivity contribution in [3.63, 3.8) is 0 Å². The summed E-state index contributed by atoms with van der Waals surface area (Å²) in [7, 11) is 3.74. The third kappa shape index (κ3) is 3.13. The molecule has 1 aliphatic heterocycles. The highest BCUT2D eigenvalue weighted by Crippen LogP contribution is 2.28. The maximum atomic E-state index is 11.2. The highest BCUT2D eigenvalue weighted by Gasteiger charge is 2.25. The Morgan fingerprint density at radius 2 is 2.20 bits per heavy atom. The number of hydrogen-bond acceptors (Lipinski definition) is 7. The van der Waals surface area contributed by atoms with Gasteiger partial charge in [-0.25, -0.2) is 4.98 Å². The number of nitro groups is 1. The van der Waals surface area contributed by atoms with Crippen LogP contribution in [0.4, 0.5) is 17.5 Å². The van der Waals surface area contributed by atoms with E-state index < -0.39 is 4.92 Å². The normalized spacial score (nSPS) is 19.6. The summed E-state index contributed by atoms with van der Waals surface area (Å²) < 4.78 is 0. The summed E-state index contributed by atoms with van der Waals surface area (Å²) in [6.45, 7) is 3.54. The van der Waals surface area contributed by atoms with E-state index in [1.54, 1.807) is 14.0 Å². The monoisotopic (exact) mass is 280 g/mol. The SMILES string of the molecule is CNc1nc(C)c([N+](=O)[O-])c(NC2CCCN(C)C2)n1. The van der Waals surface area contributed by atoms with E-state index in [0.717, 1.165) is 25.9 Å². The minimum atomic E-state index is -0.427. The first-order valence-corrected chi connectivity index (χ1v) is 6.67. The minimum absolute atomic E-state index is 0.0442. The molecule has 0 amide bonds. The van der Waals surface area contributed by atoms with Crippen LogP contribution in [0.25, 0.3) is 0 Å². The van der Waals surface area contributed by atoms with Crippen LogP contribution < -0.4 is 10.6 Å². The summed E-state index contributed by atoms with van der Waals surface area (Å²) in [4.78, 5) is 21.3. The molecular formula is C12H20N6O2. The molecule has 0 saturated carbocycles. The molecule has 1 aromatic heterocycles. The van der Waals surface area contributed by atoms with Crippen LogP contribution in [-0.4, -0.2) is 53.0 Å². The second-order valence-electron chi connectivity index (χ2n) is 5.08. The highest BCUT2D eigenvalue weighted by atomic mass is 16.6. The second kappa shape index (κ2) is 6.00. The second-order valence-corrected chi connectivity index (χ2v) is 5.08. The van der Waals surface area contributed by atoms with Gasteiger partial charge in [-0.05, 0) is 33.4 Å². The number of piperidine rings is 1. The Kier molecular flexibility index (Phi) is 4.33. The molecule has 1 saturated heterocycles. The van der Waals surface area contributed by atoms with Crippen LogP contribution in [0, 0.1) is 17.0 Å². The Morgan fingerprint density at radius 3 is 2.80 bits per heavy atom. The molecule has 0 aliphatic carbocycles. The number of nitrogens with zero attached hydrogens (tertiary/aromatic N) is 4. The van der Waals surface area contributed by atoms with Crippen molar-refractivity contribution in [1.29, 1.82) is 0 Å². The van der Waals surface area contributed by atoms with E-state index in [2.05, 4.69) is 25.5 Å². The summed E-state index contributed by atoms with van der Waals surface area (Å²) >= 11 is 0. The minimum Gasteiger partial charge on any atom is -0.360 e. The van der Waals surface area contributed by atoms with Gasteiger partial charge in [0, 0.05) is 19.6 Å². The molecule has 110 valence electrons. The molecule has 2 rings (SSSR count). The van der Waals surface area contributed by atoms with Gasteiger partial charge in [0.2, 0.25) is 11.8 Å². The van der Waals surface area contributed by atoms with E-state index in [1.807, 2.05) is 7.05 Å². The molecule has 2 heterocycles. The molecule has 1 fully saturated rings. The van der Waals surface area contributed by atoms with Gasteiger partial charge in [0.1, 0.15) is 5.69 Å². The molecule has 1 unspecified atom stereocenters. The lowest BCUT2D eigenvalue weighted by Crippen LogP contribution is -2.40. The molecule has 0 radical (unpaired) electrons. The summed E-state index contributed by atoms with van der Waals surface area (Å²) in [6.07, 6.45) is 2.06. The Bertz CT molecular complexity index is 507. The van der Waals surface area contributed by atoms with Crippen molar-refractivity contribution in [2.24, 2.45) is 0 Å². The number of anilines is 2. The third-order valence-electron chi connectivity index (χ3n) is 3.43. The molecule has 2 N–H and O–H groups in total. The zero-order valence-electron chi connectivity index (χ0n) is 12.0. The summed E-state index contributed by atoms with van der Waals surface area (Å²) in [5, 5.41) is 17.2. The van der Waals surface area contributed by atoms with Crippen LogP contribution in [-0.2, 0) is 0 Å². The van der Waals surface area contributed by atoms with Crippen LogP contribution in [0.2, 0.25) is 0 Å². The number of likely N-dealkylation sites (tertiary alicyclic amines) is 1. The first-order chi connectivity index (χ1) is 9.51. The fourth-order valence-electron chi connectivity index (χ4n) is 2.48. The van der Waals surface area contributed by atoms with Crippen molar-refractivity contribution in [2.75, 3.05) is 37.8 Å². The number of nitrogens with one attached hydrogen (secondary N) is 2. The van der Waals surface area contributed by atoms with Crippen molar-refractivity contribution in [3.8, 4) is 0 Å². The van der Waals surface area contributed by atoms with Crippen molar-refractivity contribution in [1.82, 2.24) is 14.9 Å². The largest absolute Gasteiger partial charge is 0.360 e. The maximum absolute atomic E-state index is 11.2. The fraction of sp³-hybridized carbons (Fsp3) is 0.667. The van der Waals surface area contributed by atoms with Crippen LogP contribution in [0.5, 0.6) is 0 Å². The Labute approximate surface area is 117 Å². The van der Waals surface area contributed by atoms with Crippen molar-refractivity contribution >= 4 is 17.5 Å². The number of aromatic nitrogens is 2. The van der Waals surface area contributed by atoms with Crippen LogP contribution in [0.1, 0.15) is 18.5 Å². The molecule has 8 heteroatoms. The summed E-state index contributed by atoms with van der Waals surface area (Å²) in [5.41, 5.74) is 0.318. The molecule has 0 spiro atoms. The van der Waals surface area contributed by atoms with E-state index in [1.165, 1.54) is 0 Å². The lowest BCUT2D eigenvalue weighted by molar-refractivity contribution is -0.385. The number of likely N-dealkylation sites (N-methyl/N-ethyl adjacent to an activating group) is 1. The first-order valence-electron chi connectivity index (χ1n) is 6.67. The molecule has 0 aromatic carbocycles. The van der Waals surface area contributed by atoms with E-state index in [-0.39, 0.29) is 11.7 Å². The third-order valence-corrected chi connectivity index (χ3v) is 3.43. The Morgan fingerprint density at radius 1 is 1.45 bits per heavy atom. The maximum Gasteiger partial charge on any atom is 0.332 e. The van der Waals surface area contributed by atoms with Crippen LogP contribution >= 0.6 is 0 Å². The van der Waals surface area contributed by atoms with E-state index in [4.69, 9.17) is 0 Å². The lowest BCUT2D eigenvalue weighted by atomic mass is 10.1. The quantitative estimate of drug-likeness (QED) is 0.632. The van der Waals surface area contributed by atoms with Crippen LogP contribution in [0.15, 0.2) is 0 Å². The van der Waals surface area contributed by atoms with Gasteiger partial charge in [0.15, 0.2) is 0 Å². The van der Waals surface area contributed by atoms with Gasteiger partial charge in [0.05, 0.1) is 4.92 Å². The Hall–Kier alpha value is -1.96. The zero-order chi connectivity index (χ0) is 14.7. The molecule has 0 bridgehead atoms. The lowest BCUT2D eigenvalue weighted by Gasteiger charge is -2.30. The van der Waals surface area contributed by atoms with Crippen molar-refractivity contribution in [3.05, 3.63) is 15.8 Å². The summed E-state index contributed by atoms with van der Waals surface area (Å²) in [5.74, 6) is 0.687. The molecule has 1 aliphatic rings. The molecule has 20 heavy (non-hydrogen) atoms. The van der Waals surface area contributed by atoms with Crippen molar-refractivity contribution < 1.29 is 4.92 Å². The zero-order valence-corrected chi connectivity index (χ0v) is 12.0. The standard InChI is InChI=1S/C12H20N6O2/c1-8-10(18(19)20)11(16-12(13-2)14-8)15-9-5-4-6-17(3)7-9/h9H,4-7H2,1-3H3,(H2,13,14,15,16). The molecule has 1 aromatic rings. The Balaban J connectivity index is 2.28. The van der Waals surface area contributed by atoms with Gasteiger partial charge < -0.3 is 15.5 Å². The topological polar surface area (TPSA) is 96.2 Å². The first kappa shape index (κ1) is 14.4. The van der Waals surface area contributed by atoms with Crippen LogP contribution in [0.3, 0.4) is 0 Å². The predicted molar refractivity (Wildman–Crippen MR) is 77.1 cm³/mol. The highest BCUT2D eigenvalue weighted by molar-refractivity contribution is 5.61. The molecule has 8 nitrogen and oxygen atoms in total. The smallest absolute Gasteiger partial charge is 0.332 e.